The molecule has 0 saturated carbocycles. The van der Waals surface area contributed by atoms with Crippen molar-refractivity contribution in [3.05, 3.63) is 47.7 Å². The Morgan fingerprint density at radius 2 is 1.95 bits per heavy atom. The second kappa shape index (κ2) is 5.22. The lowest BCUT2D eigenvalue weighted by atomic mass is 9.86. The third kappa shape index (κ3) is 2.89. The van der Waals surface area contributed by atoms with E-state index in [1.165, 1.54) is 6.20 Å². The lowest BCUT2D eigenvalue weighted by molar-refractivity contribution is 0.442. The summed E-state index contributed by atoms with van der Waals surface area (Å²) in [6.07, 6.45) is 1.45. The number of pyridine rings is 1. The number of para-hydroxylation sites is 1. The summed E-state index contributed by atoms with van der Waals surface area (Å²) in [6, 6.07) is 11.3. The Morgan fingerprint density at radius 3 is 2.55 bits per heavy atom. The van der Waals surface area contributed by atoms with Crippen molar-refractivity contribution in [2.45, 2.75) is 26.2 Å². The summed E-state index contributed by atoms with van der Waals surface area (Å²) in [4.78, 5) is 4.10. The van der Waals surface area contributed by atoms with E-state index in [-0.39, 0.29) is 5.41 Å². The molecule has 0 aliphatic rings. The minimum Gasteiger partial charge on any atom is -0.437 e. The van der Waals surface area contributed by atoms with Crippen LogP contribution in [0.2, 0.25) is 0 Å². The molecule has 0 bridgehead atoms. The lowest BCUT2D eigenvalue weighted by Gasteiger charge is -2.22. The van der Waals surface area contributed by atoms with E-state index in [2.05, 4.69) is 25.8 Å². The Morgan fingerprint density at radius 1 is 1.25 bits per heavy atom. The Balaban J connectivity index is 2.39. The first kappa shape index (κ1) is 13.9. The molecule has 102 valence electrons. The molecule has 2 rings (SSSR count). The number of nitrogens with zero attached hydrogens (tertiary/aromatic N) is 2. The molecule has 2 aromatic rings. The van der Waals surface area contributed by atoms with Gasteiger partial charge in [0.15, 0.2) is 0 Å². The smallest absolute Gasteiger partial charge is 0.242 e. The molecule has 0 unspecified atom stereocenters. The second-order valence-corrected chi connectivity index (χ2v) is 5.58. The fourth-order valence-corrected chi connectivity index (χ4v) is 1.90. The maximum absolute atomic E-state index is 8.81. The van der Waals surface area contributed by atoms with Gasteiger partial charge in [0.1, 0.15) is 11.8 Å². The molecular weight excluding hydrogens is 250 g/mol. The van der Waals surface area contributed by atoms with E-state index in [9.17, 15) is 0 Å². The average Bonchev–Trinajstić information content (AvgIpc) is 2.40. The number of benzene rings is 1. The first-order valence-electron chi connectivity index (χ1n) is 6.35. The van der Waals surface area contributed by atoms with Gasteiger partial charge in [-0.25, -0.2) is 4.98 Å². The number of anilines is 1. The van der Waals surface area contributed by atoms with Crippen molar-refractivity contribution < 1.29 is 4.74 Å². The predicted octanol–water partition coefficient (Wildman–Crippen LogP) is 3.63. The summed E-state index contributed by atoms with van der Waals surface area (Å²) >= 11 is 0. The lowest BCUT2D eigenvalue weighted by Crippen LogP contribution is -2.12. The molecule has 0 saturated heterocycles. The number of nitrogen functional groups attached to an aromatic ring is 1. The summed E-state index contributed by atoms with van der Waals surface area (Å²) in [6.45, 7) is 6.35. The standard InChI is InChI=1S/C16H17N3O/c1-16(2,3)12-6-4-5-7-14(12)20-15-13(18)8-11(9-17)10-19-15/h4-8,10H,18H2,1-3H3. The largest absolute Gasteiger partial charge is 0.437 e. The van der Waals surface area contributed by atoms with Crippen molar-refractivity contribution >= 4 is 5.69 Å². The first-order valence-corrected chi connectivity index (χ1v) is 6.35. The van der Waals surface area contributed by atoms with E-state index in [4.69, 9.17) is 15.7 Å². The van der Waals surface area contributed by atoms with Gasteiger partial charge in [-0.3, -0.25) is 0 Å². The maximum atomic E-state index is 8.81. The van der Waals surface area contributed by atoms with Crippen molar-refractivity contribution in [2.75, 3.05) is 5.73 Å². The average molecular weight is 267 g/mol. The van der Waals surface area contributed by atoms with Crippen LogP contribution >= 0.6 is 0 Å². The number of hydrogen-bond acceptors (Lipinski definition) is 4. The highest BCUT2D eigenvalue weighted by Crippen LogP contribution is 2.34. The number of nitriles is 1. The third-order valence-electron chi connectivity index (χ3n) is 2.91. The summed E-state index contributed by atoms with van der Waals surface area (Å²) < 4.78 is 5.82. The molecular formula is C16H17N3O. The van der Waals surface area contributed by atoms with Gasteiger partial charge in [0, 0.05) is 11.8 Å². The number of rotatable bonds is 2. The molecule has 0 atom stereocenters. The summed E-state index contributed by atoms with van der Waals surface area (Å²) in [5.74, 6) is 1.05. The van der Waals surface area contributed by atoms with Crippen molar-refractivity contribution in [1.29, 1.82) is 5.26 Å². The molecule has 1 aromatic carbocycles. The van der Waals surface area contributed by atoms with Gasteiger partial charge in [0.25, 0.3) is 0 Å². The molecule has 0 fully saturated rings. The van der Waals surface area contributed by atoms with Gasteiger partial charge in [0.05, 0.1) is 11.3 Å². The predicted molar refractivity (Wildman–Crippen MR) is 78.6 cm³/mol. The maximum Gasteiger partial charge on any atom is 0.242 e. The van der Waals surface area contributed by atoms with Crippen molar-refractivity contribution in [1.82, 2.24) is 4.98 Å². The van der Waals surface area contributed by atoms with Crippen LogP contribution in [0.25, 0.3) is 0 Å². The first-order chi connectivity index (χ1) is 9.41. The highest BCUT2D eigenvalue weighted by Gasteiger charge is 2.19. The molecule has 0 amide bonds. The third-order valence-corrected chi connectivity index (χ3v) is 2.91. The SMILES string of the molecule is CC(C)(C)c1ccccc1Oc1ncc(C#N)cc1N. The van der Waals surface area contributed by atoms with Crippen LogP contribution in [0, 0.1) is 11.3 Å². The zero-order chi connectivity index (χ0) is 14.8. The van der Waals surface area contributed by atoms with E-state index >= 15 is 0 Å². The molecule has 4 nitrogen and oxygen atoms in total. The van der Waals surface area contributed by atoms with Gasteiger partial charge in [-0.05, 0) is 17.5 Å². The zero-order valence-corrected chi connectivity index (χ0v) is 11.8. The minimum atomic E-state index is -0.0437. The van der Waals surface area contributed by atoms with Crippen molar-refractivity contribution in [3.63, 3.8) is 0 Å². The van der Waals surface area contributed by atoms with Crippen LogP contribution in [0.5, 0.6) is 11.6 Å². The van der Waals surface area contributed by atoms with Gasteiger partial charge in [-0.1, -0.05) is 39.0 Å². The molecule has 4 heteroatoms. The van der Waals surface area contributed by atoms with Gasteiger partial charge in [0.2, 0.25) is 5.88 Å². The fraction of sp³-hybridized carbons (Fsp3) is 0.250. The normalized spacial score (nSPS) is 10.9. The molecule has 1 aromatic heterocycles. The van der Waals surface area contributed by atoms with Crippen molar-refractivity contribution in [2.24, 2.45) is 0 Å². The molecule has 0 aliphatic heterocycles. The van der Waals surface area contributed by atoms with Gasteiger partial charge in [-0.15, -0.1) is 0 Å². The van der Waals surface area contributed by atoms with Crippen LogP contribution in [0.1, 0.15) is 31.9 Å². The summed E-state index contributed by atoms with van der Waals surface area (Å²) in [7, 11) is 0. The van der Waals surface area contributed by atoms with Crippen LogP contribution in [0.3, 0.4) is 0 Å². The van der Waals surface area contributed by atoms with Crippen LogP contribution in [-0.2, 0) is 5.41 Å². The highest BCUT2D eigenvalue weighted by molar-refractivity contribution is 5.54. The Labute approximate surface area is 118 Å². The second-order valence-electron chi connectivity index (χ2n) is 5.58. The van der Waals surface area contributed by atoms with Crippen LogP contribution in [0.4, 0.5) is 5.69 Å². The van der Waals surface area contributed by atoms with Gasteiger partial charge >= 0.3 is 0 Å². The molecule has 0 aliphatic carbocycles. The van der Waals surface area contributed by atoms with Crippen LogP contribution in [-0.4, -0.2) is 4.98 Å². The number of aromatic nitrogens is 1. The zero-order valence-electron chi connectivity index (χ0n) is 11.8. The fourth-order valence-electron chi connectivity index (χ4n) is 1.90. The van der Waals surface area contributed by atoms with E-state index in [1.54, 1.807) is 6.07 Å². The number of ether oxygens (including phenoxy) is 1. The molecule has 1 heterocycles. The quantitative estimate of drug-likeness (QED) is 0.901. The topological polar surface area (TPSA) is 71.9 Å². The Hall–Kier alpha value is -2.54. The minimum absolute atomic E-state index is 0.0437. The monoisotopic (exact) mass is 267 g/mol. The van der Waals surface area contributed by atoms with Gasteiger partial charge < -0.3 is 10.5 Å². The van der Waals surface area contributed by atoms with E-state index in [1.807, 2.05) is 30.3 Å². The summed E-state index contributed by atoms with van der Waals surface area (Å²) in [5, 5.41) is 8.81. The molecule has 0 spiro atoms. The van der Waals surface area contributed by atoms with Crippen LogP contribution < -0.4 is 10.5 Å². The van der Waals surface area contributed by atoms with E-state index < -0.39 is 0 Å². The van der Waals surface area contributed by atoms with Crippen molar-refractivity contribution in [3.8, 4) is 17.7 Å². The highest BCUT2D eigenvalue weighted by atomic mass is 16.5. The number of nitrogens with two attached hydrogens (primary N) is 1. The number of hydrogen-bond donors (Lipinski definition) is 1. The summed E-state index contributed by atoms with van der Waals surface area (Å²) in [5.41, 5.74) is 7.67. The molecule has 20 heavy (non-hydrogen) atoms. The van der Waals surface area contributed by atoms with Crippen LogP contribution in [0.15, 0.2) is 36.5 Å². The Bertz CT molecular complexity index is 666. The molecule has 2 N–H and O–H groups in total. The van der Waals surface area contributed by atoms with Gasteiger partial charge in [-0.2, -0.15) is 5.26 Å². The Kier molecular flexibility index (Phi) is 3.62. The van der Waals surface area contributed by atoms with E-state index in [0.717, 1.165) is 11.3 Å². The molecule has 0 radical (unpaired) electrons. The van der Waals surface area contributed by atoms with E-state index in [0.29, 0.717) is 17.1 Å².